The largest absolute Gasteiger partial charge is 0.0999 e. The highest BCUT2D eigenvalue weighted by molar-refractivity contribution is 4.90. The molecule has 0 unspecified atom stereocenters. The van der Waals surface area contributed by atoms with Crippen LogP contribution in [0.3, 0.4) is 0 Å². The van der Waals surface area contributed by atoms with E-state index in [-0.39, 0.29) is 14.9 Å². The summed E-state index contributed by atoms with van der Waals surface area (Å²) in [6, 6.07) is 0. The highest BCUT2D eigenvalue weighted by Gasteiger charge is 1.95. The van der Waals surface area contributed by atoms with Crippen LogP contribution >= 0.6 is 0 Å². The van der Waals surface area contributed by atoms with Gasteiger partial charge in [-0.25, -0.2) is 0 Å². The van der Waals surface area contributed by atoms with Crippen molar-refractivity contribution in [1.82, 2.24) is 0 Å². The third-order valence-corrected chi connectivity index (χ3v) is 2.32. The van der Waals surface area contributed by atoms with Crippen molar-refractivity contribution in [1.29, 1.82) is 0 Å². The van der Waals surface area contributed by atoms with E-state index < -0.39 is 0 Å². The van der Waals surface area contributed by atoms with Gasteiger partial charge in [-0.1, -0.05) is 68.5 Å². The molecule has 0 atom stereocenters. The van der Waals surface area contributed by atoms with E-state index in [0.717, 1.165) is 11.8 Å². The van der Waals surface area contributed by atoms with E-state index in [9.17, 15) is 0 Å². The number of allylic oxidation sites excluding steroid dienone is 1. The molecule has 90 valence electrons. The second kappa shape index (κ2) is 12.7. The van der Waals surface area contributed by atoms with Crippen LogP contribution in [0.5, 0.6) is 0 Å². The standard InChI is InChI=1S/C6H14.C6H12.2CH4/c2*1-5(2)6(3)4;;/h5-6H,1-4H3;6H,1H2,2-4H3;2*1H4. The summed E-state index contributed by atoms with van der Waals surface area (Å²) in [5, 5.41) is 0. The quantitative estimate of drug-likeness (QED) is 0.497. The van der Waals surface area contributed by atoms with Gasteiger partial charge in [0.1, 0.15) is 0 Å². The Kier molecular flexibility index (Phi) is 21.4. The molecule has 14 heavy (non-hydrogen) atoms. The second-order valence-corrected chi connectivity index (χ2v) is 4.49. The van der Waals surface area contributed by atoms with Gasteiger partial charge in [0.2, 0.25) is 0 Å². The highest BCUT2D eigenvalue weighted by Crippen LogP contribution is 2.05. The monoisotopic (exact) mass is 202 g/mol. The van der Waals surface area contributed by atoms with Gasteiger partial charge >= 0.3 is 0 Å². The van der Waals surface area contributed by atoms with Crippen LogP contribution in [-0.4, -0.2) is 0 Å². The highest BCUT2D eigenvalue weighted by atomic mass is 14.0. The van der Waals surface area contributed by atoms with Gasteiger partial charge in [0.05, 0.1) is 0 Å². The smallest absolute Gasteiger partial charge is 0.0266 e. The summed E-state index contributed by atoms with van der Waals surface area (Å²) in [5.41, 5.74) is 1.26. The molecule has 0 nitrogen and oxygen atoms in total. The summed E-state index contributed by atoms with van der Waals surface area (Å²) in [5.74, 6) is 2.36. The lowest BCUT2D eigenvalue weighted by molar-refractivity contribution is 0.457. The molecule has 0 rings (SSSR count). The zero-order valence-corrected chi connectivity index (χ0v) is 9.94. The fraction of sp³-hybridized carbons (Fsp3) is 0.857. The molecule has 0 fully saturated rings. The van der Waals surface area contributed by atoms with Crippen molar-refractivity contribution in [2.45, 2.75) is 63.3 Å². The lowest BCUT2D eigenvalue weighted by Gasteiger charge is -2.05. The van der Waals surface area contributed by atoms with E-state index in [1.165, 1.54) is 5.57 Å². The summed E-state index contributed by atoms with van der Waals surface area (Å²) in [7, 11) is 0. The molecule has 0 aromatic heterocycles. The fourth-order valence-electron chi connectivity index (χ4n) is 0. The maximum absolute atomic E-state index is 3.75. The first-order valence-corrected chi connectivity index (χ1v) is 4.94. The van der Waals surface area contributed by atoms with Crippen molar-refractivity contribution in [3.63, 3.8) is 0 Å². The van der Waals surface area contributed by atoms with Crippen LogP contribution in [0.25, 0.3) is 0 Å². The second-order valence-electron chi connectivity index (χ2n) is 4.49. The summed E-state index contributed by atoms with van der Waals surface area (Å²) in [6.07, 6.45) is 0. The molecule has 0 aliphatic heterocycles. The molecular weight excluding hydrogens is 168 g/mol. The Morgan fingerprint density at radius 3 is 0.929 bits per heavy atom. The molecule has 0 saturated heterocycles. The molecule has 0 heterocycles. The Morgan fingerprint density at radius 2 is 0.929 bits per heavy atom. The van der Waals surface area contributed by atoms with Crippen molar-refractivity contribution in [3.05, 3.63) is 12.2 Å². The molecule has 0 aromatic rings. The minimum absolute atomic E-state index is 0. The Morgan fingerprint density at radius 1 is 0.786 bits per heavy atom. The van der Waals surface area contributed by atoms with Crippen molar-refractivity contribution in [3.8, 4) is 0 Å². The summed E-state index contributed by atoms with van der Waals surface area (Å²) in [4.78, 5) is 0. The third kappa shape index (κ3) is 22.6. The Labute approximate surface area is 93.8 Å². The molecule has 0 aliphatic carbocycles. The molecule has 0 saturated carbocycles. The Bertz CT molecular complexity index is 101. The molecule has 0 aliphatic rings. The van der Waals surface area contributed by atoms with Crippen LogP contribution in [0.15, 0.2) is 12.2 Å². The SMILES string of the molecule is C.C.C=C(C)C(C)C.CC(C)C(C)C. The van der Waals surface area contributed by atoms with E-state index in [1.807, 2.05) is 6.92 Å². The van der Waals surface area contributed by atoms with Gasteiger partial charge in [-0.2, -0.15) is 0 Å². The predicted molar refractivity (Wildman–Crippen MR) is 72.8 cm³/mol. The topological polar surface area (TPSA) is 0 Å². The average molecular weight is 202 g/mol. The summed E-state index contributed by atoms with van der Waals surface area (Å²) < 4.78 is 0. The van der Waals surface area contributed by atoms with Gasteiger partial charge in [0.15, 0.2) is 0 Å². The van der Waals surface area contributed by atoms with Gasteiger partial charge in [0.25, 0.3) is 0 Å². The number of hydrogen-bond acceptors (Lipinski definition) is 0. The molecule has 0 radical (unpaired) electrons. The van der Waals surface area contributed by atoms with Crippen molar-refractivity contribution < 1.29 is 0 Å². The van der Waals surface area contributed by atoms with E-state index in [4.69, 9.17) is 0 Å². The Balaban J connectivity index is -0.0000000625. The molecule has 0 aromatic carbocycles. The lowest BCUT2D eigenvalue weighted by atomic mass is 10.0. The van der Waals surface area contributed by atoms with Crippen molar-refractivity contribution >= 4 is 0 Å². The van der Waals surface area contributed by atoms with E-state index in [0.29, 0.717) is 5.92 Å². The molecule has 0 amide bonds. The van der Waals surface area contributed by atoms with Gasteiger partial charge < -0.3 is 0 Å². The number of hydrogen-bond donors (Lipinski definition) is 0. The molecule has 0 heteroatoms. The normalized spacial score (nSPS) is 8.71. The van der Waals surface area contributed by atoms with Crippen molar-refractivity contribution in [2.75, 3.05) is 0 Å². The zero-order chi connectivity index (χ0) is 10.3. The van der Waals surface area contributed by atoms with E-state index in [2.05, 4.69) is 48.1 Å². The van der Waals surface area contributed by atoms with Crippen LogP contribution in [-0.2, 0) is 0 Å². The van der Waals surface area contributed by atoms with Crippen LogP contribution in [0.1, 0.15) is 63.3 Å². The maximum Gasteiger partial charge on any atom is -0.0266 e. The minimum Gasteiger partial charge on any atom is -0.0999 e. The molecule has 0 spiro atoms. The lowest BCUT2D eigenvalue weighted by Crippen LogP contribution is -1.95. The van der Waals surface area contributed by atoms with Crippen LogP contribution in [0, 0.1) is 17.8 Å². The molecular formula is C14H34. The first kappa shape index (κ1) is 23.5. The maximum atomic E-state index is 3.75. The molecule has 0 bridgehead atoms. The molecule has 0 N–H and O–H groups in total. The van der Waals surface area contributed by atoms with Gasteiger partial charge in [-0.3, -0.25) is 0 Å². The first-order chi connectivity index (χ1) is 5.29. The van der Waals surface area contributed by atoms with Crippen LogP contribution in [0.4, 0.5) is 0 Å². The first-order valence-electron chi connectivity index (χ1n) is 4.94. The predicted octanol–water partition coefficient (Wildman–Crippen LogP) is 5.79. The minimum atomic E-state index is 0. The van der Waals surface area contributed by atoms with Crippen molar-refractivity contribution in [2.24, 2.45) is 17.8 Å². The number of rotatable bonds is 2. The van der Waals surface area contributed by atoms with Crippen LogP contribution < -0.4 is 0 Å². The van der Waals surface area contributed by atoms with Gasteiger partial charge in [-0.05, 0) is 24.7 Å². The third-order valence-electron chi connectivity index (χ3n) is 2.32. The van der Waals surface area contributed by atoms with Gasteiger partial charge in [-0.15, -0.1) is 0 Å². The zero-order valence-electron chi connectivity index (χ0n) is 9.94. The summed E-state index contributed by atoms with van der Waals surface area (Å²) in [6.45, 7) is 19.0. The fourth-order valence-corrected chi connectivity index (χ4v) is 0. The van der Waals surface area contributed by atoms with E-state index in [1.54, 1.807) is 0 Å². The average Bonchev–Trinajstić information content (AvgIpc) is 1.88. The van der Waals surface area contributed by atoms with E-state index >= 15 is 0 Å². The van der Waals surface area contributed by atoms with Crippen LogP contribution in [0.2, 0.25) is 0 Å². The summed E-state index contributed by atoms with van der Waals surface area (Å²) >= 11 is 0. The Hall–Kier alpha value is -0.260. The van der Waals surface area contributed by atoms with Gasteiger partial charge in [0, 0.05) is 0 Å².